The molecule has 40 heavy (non-hydrogen) atoms. The van der Waals surface area contributed by atoms with Crippen molar-refractivity contribution in [2.75, 3.05) is 18.0 Å². The Morgan fingerprint density at radius 3 is 2.25 bits per heavy atom. The molecule has 0 saturated carbocycles. The first-order valence-corrected chi connectivity index (χ1v) is 15.3. The van der Waals surface area contributed by atoms with Gasteiger partial charge in [-0.1, -0.05) is 52.7 Å². The summed E-state index contributed by atoms with van der Waals surface area (Å²) in [6, 6.07) is 19.4. The summed E-state index contributed by atoms with van der Waals surface area (Å²) in [5, 5.41) is 2.93. The number of halogens is 1. The second-order valence-corrected chi connectivity index (χ2v) is 12.4. The van der Waals surface area contributed by atoms with Crippen molar-refractivity contribution in [3.05, 3.63) is 88.4 Å². The fourth-order valence-electron chi connectivity index (χ4n) is 3.99. The lowest BCUT2D eigenvalue weighted by molar-refractivity contribution is -0.139. The third-order valence-electron chi connectivity index (χ3n) is 6.66. The number of hydrogen-bond acceptors (Lipinski definition) is 5. The number of amides is 2. The summed E-state index contributed by atoms with van der Waals surface area (Å²) >= 11 is 3.38. The second-order valence-electron chi connectivity index (χ2n) is 9.67. The monoisotopic (exact) mass is 629 g/mol. The largest absolute Gasteiger partial charge is 0.497 e. The Labute approximate surface area is 245 Å². The highest BCUT2D eigenvalue weighted by molar-refractivity contribution is 9.10. The van der Waals surface area contributed by atoms with E-state index >= 15 is 0 Å². The smallest absolute Gasteiger partial charge is 0.264 e. The number of anilines is 1. The van der Waals surface area contributed by atoms with Gasteiger partial charge in [0.2, 0.25) is 11.8 Å². The minimum atomic E-state index is -4.11. The Morgan fingerprint density at radius 2 is 1.65 bits per heavy atom. The van der Waals surface area contributed by atoms with E-state index in [1.54, 1.807) is 68.6 Å². The van der Waals surface area contributed by atoms with Crippen LogP contribution in [-0.4, -0.2) is 50.9 Å². The van der Waals surface area contributed by atoms with Gasteiger partial charge in [0.05, 0.1) is 17.7 Å². The maximum Gasteiger partial charge on any atom is 0.264 e. The first kappa shape index (κ1) is 31.2. The fraction of sp³-hybridized carbons (Fsp3) is 0.333. The molecule has 0 aliphatic heterocycles. The Kier molecular flexibility index (Phi) is 10.8. The number of ether oxygens (including phenoxy) is 1. The summed E-state index contributed by atoms with van der Waals surface area (Å²) in [5.74, 6) is -0.226. The predicted octanol–water partition coefficient (Wildman–Crippen LogP) is 5.29. The summed E-state index contributed by atoms with van der Waals surface area (Å²) in [4.78, 5) is 28.6. The highest BCUT2D eigenvalue weighted by atomic mass is 79.9. The molecule has 8 nitrogen and oxygen atoms in total. The van der Waals surface area contributed by atoms with E-state index in [9.17, 15) is 18.0 Å². The number of nitrogens with one attached hydrogen (secondary N) is 1. The number of methoxy groups -OCH3 is 1. The normalized spacial score (nSPS) is 12.8. The van der Waals surface area contributed by atoms with Gasteiger partial charge < -0.3 is 15.0 Å². The number of carbonyl (C=O) groups is 2. The second kappa shape index (κ2) is 13.8. The standard InChI is InChI=1S/C30H36BrN3O5S/c1-6-22(3)32-30(36)23(4)33(19-24-8-7-9-27(18-24)39-5)29(35)20-34(26-14-12-25(31)13-15-26)40(37,38)28-16-10-21(2)11-17-28/h7-18,22-23H,6,19-20H2,1-5H3,(H,32,36)/t22-,23-/m1/s1. The molecule has 3 aromatic carbocycles. The van der Waals surface area contributed by atoms with Crippen molar-refractivity contribution in [1.29, 1.82) is 0 Å². The molecule has 0 heterocycles. The van der Waals surface area contributed by atoms with Crippen molar-refractivity contribution < 1.29 is 22.7 Å². The first-order valence-electron chi connectivity index (χ1n) is 13.0. The highest BCUT2D eigenvalue weighted by Gasteiger charge is 2.32. The molecule has 0 radical (unpaired) electrons. The van der Waals surface area contributed by atoms with E-state index in [4.69, 9.17) is 4.74 Å². The quantitative estimate of drug-likeness (QED) is 0.294. The van der Waals surface area contributed by atoms with Crippen LogP contribution in [0.5, 0.6) is 5.75 Å². The molecule has 10 heteroatoms. The summed E-state index contributed by atoms with van der Waals surface area (Å²) in [7, 11) is -2.56. The lowest BCUT2D eigenvalue weighted by Gasteiger charge is -2.32. The molecule has 3 rings (SSSR count). The number of hydrogen-bond donors (Lipinski definition) is 1. The lowest BCUT2D eigenvalue weighted by Crippen LogP contribution is -2.52. The van der Waals surface area contributed by atoms with Gasteiger partial charge in [-0.25, -0.2) is 8.42 Å². The number of aryl methyl sites for hydroxylation is 1. The van der Waals surface area contributed by atoms with E-state index in [1.165, 1.54) is 17.0 Å². The first-order chi connectivity index (χ1) is 19.0. The van der Waals surface area contributed by atoms with E-state index in [-0.39, 0.29) is 23.4 Å². The van der Waals surface area contributed by atoms with E-state index in [0.29, 0.717) is 11.4 Å². The maximum absolute atomic E-state index is 14.0. The summed E-state index contributed by atoms with van der Waals surface area (Å²) in [6.07, 6.45) is 0.731. The minimum Gasteiger partial charge on any atom is -0.497 e. The maximum atomic E-state index is 14.0. The van der Waals surface area contributed by atoms with Crippen LogP contribution in [0.4, 0.5) is 5.69 Å². The number of nitrogens with zero attached hydrogens (tertiary/aromatic N) is 2. The highest BCUT2D eigenvalue weighted by Crippen LogP contribution is 2.26. The Bertz CT molecular complexity index is 1410. The molecule has 2 amide bonds. The SMILES string of the molecule is CC[C@@H](C)NC(=O)[C@@H](C)N(Cc1cccc(OC)c1)C(=O)CN(c1ccc(Br)cc1)S(=O)(=O)c1ccc(C)cc1. The molecule has 0 bridgehead atoms. The zero-order valence-electron chi connectivity index (χ0n) is 23.4. The number of rotatable bonds is 12. The summed E-state index contributed by atoms with van der Waals surface area (Å²) in [5.41, 5.74) is 1.98. The van der Waals surface area contributed by atoms with E-state index in [0.717, 1.165) is 26.3 Å². The van der Waals surface area contributed by atoms with Gasteiger partial charge in [0.15, 0.2) is 0 Å². The molecule has 214 valence electrons. The summed E-state index contributed by atoms with van der Waals surface area (Å²) in [6.45, 7) is 6.96. The predicted molar refractivity (Wildman–Crippen MR) is 161 cm³/mol. The third-order valence-corrected chi connectivity index (χ3v) is 8.97. The Hall–Kier alpha value is -3.37. The summed E-state index contributed by atoms with van der Waals surface area (Å²) < 4.78 is 34.9. The third kappa shape index (κ3) is 7.85. The molecule has 2 atom stereocenters. The molecule has 0 saturated heterocycles. The number of sulfonamides is 1. The van der Waals surface area contributed by atoms with Crippen LogP contribution in [0.1, 0.15) is 38.3 Å². The van der Waals surface area contributed by atoms with Gasteiger partial charge in [-0.3, -0.25) is 13.9 Å². The van der Waals surface area contributed by atoms with Crippen molar-refractivity contribution in [3.8, 4) is 5.75 Å². The topological polar surface area (TPSA) is 96.0 Å². The van der Waals surface area contributed by atoms with Crippen LogP contribution in [0.3, 0.4) is 0 Å². The van der Waals surface area contributed by atoms with Crippen LogP contribution < -0.4 is 14.4 Å². The van der Waals surface area contributed by atoms with Crippen LogP contribution in [0.25, 0.3) is 0 Å². The van der Waals surface area contributed by atoms with Crippen molar-refractivity contribution in [2.45, 2.75) is 57.6 Å². The molecular weight excluding hydrogens is 594 g/mol. The molecular formula is C30H36BrN3O5S. The zero-order chi connectivity index (χ0) is 29.4. The van der Waals surface area contributed by atoms with Crippen molar-refractivity contribution in [1.82, 2.24) is 10.2 Å². The average Bonchev–Trinajstić information content (AvgIpc) is 2.94. The minimum absolute atomic E-state index is 0.0655. The molecule has 0 aliphatic carbocycles. The molecule has 0 unspecified atom stereocenters. The zero-order valence-corrected chi connectivity index (χ0v) is 25.8. The van der Waals surface area contributed by atoms with Crippen LogP contribution in [0.15, 0.2) is 82.2 Å². The Balaban J connectivity index is 2.03. The number of benzene rings is 3. The molecule has 0 aromatic heterocycles. The van der Waals surface area contributed by atoms with Crippen molar-refractivity contribution in [2.24, 2.45) is 0 Å². The fourth-order valence-corrected chi connectivity index (χ4v) is 5.67. The van der Waals surface area contributed by atoms with E-state index < -0.39 is 28.5 Å². The Morgan fingerprint density at radius 1 is 1.00 bits per heavy atom. The van der Waals surface area contributed by atoms with E-state index in [1.807, 2.05) is 26.8 Å². The van der Waals surface area contributed by atoms with Gasteiger partial charge in [0, 0.05) is 17.1 Å². The van der Waals surface area contributed by atoms with Crippen LogP contribution in [0, 0.1) is 6.92 Å². The van der Waals surface area contributed by atoms with Gasteiger partial charge in [-0.15, -0.1) is 0 Å². The van der Waals surface area contributed by atoms with Crippen LogP contribution in [-0.2, 0) is 26.2 Å². The molecule has 0 aliphatic rings. The molecule has 3 aromatic rings. The van der Waals surface area contributed by atoms with Gasteiger partial charge in [0.25, 0.3) is 10.0 Å². The van der Waals surface area contributed by atoms with Gasteiger partial charge >= 0.3 is 0 Å². The van der Waals surface area contributed by atoms with Crippen molar-refractivity contribution in [3.63, 3.8) is 0 Å². The molecule has 1 N–H and O–H groups in total. The van der Waals surface area contributed by atoms with Gasteiger partial charge in [-0.05, 0) is 81.3 Å². The van der Waals surface area contributed by atoms with Gasteiger partial charge in [0.1, 0.15) is 18.3 Å². The van der Waals surface area contributed by atoms with Crippen molar-refractivity contribution >= 4 is 43.5 Å². The van der Waals surface area contributed by atoms with Gasteiger partial charge in [-0.2, -0.15) is 0 Å². The van der Waals surface area contributed by atoms with Crippen LogP contribution in [0.2, 0.25) is 0 Å². The lowest BCUT2D eigenvalue weighted by atomic mass is 10.1. The van der Waals surface area contributed by atoms with Crippen LogP contribution >= 0.6 is 15.9 Å². The number of carbonyl (C=O) groups excluding carboxylic acids is 2. The molecule has 0 spiro atoms. The van der Waals surface area contributed by atoms with E-state index in [2.05, 4.69) is 21.2 Å². The average molecular weight is 631 g/mol. The molecule has 0 fully saturated rings.